The molecular weight excluding hydrogens is 360 g/mol. The Morgan fingerprint density at radius 3 is 2.74 bits per heavy atom. The maximum absolute atomic E-state index is 12.1. The third-order valence-electron chi connectivity index (χ3n) is 3.07. The van der Waals surface area contributed by atoms with Gasteiger partial charge in [0.25, 0.3) is 5.91 Å². The highest BCUT2D eigenvalue weighted by molar-refractivity contribution is 9.10. The standard InChI is InChI=1S/C17H19BrN2O3/c1-11(2)10-23-16-9-19-12(7-15(16)21)8-20-17(22)13-5-3-4-6-14(13)18/h3-7,9,11H,8,10H2,1-2H3,(H,19,21)(H,20,22). The highest BCUT2D eigenvalue weighted by Crippen LogP contribution is 2.15. The minimum absolute atomic E-state index is 0.199. The van der Waals surface area contributed by atoms with Crippen molar-refractivity contribution in [3.63, 3.8) is 0 Å². The number of halogens is 1. The molecule has 122 valence electrons. The zero-order chi connectivity index (χ0) is 16.8. The largest absolute Gasteiger partial charge is 0.488 e. The molecule has 0 spiro atoms. The van der Waals surface area contributed by atoms with E-state index in [-0.39, 0.29) is 17.9 Å². The fourth-order valence-electron chi connectivity index (χ4n) is 1.89. The van der Waals surface area contributed by atoms with E-state index in [9.17, 15) is 9.59 Å². The summed E-state index contributed by atoms with van der Waals surface area (Å²) in [4.78, 5) is 27.0. The van der Waals surface area contributed by atoms with Gasteiger partial charge in [-0.15, -0.1) is 0 Å². The van der Waals surface area contributed by atoms with E-state index < -0.39 is 0 Å². The lowest BCUT2D eigenvalue weighted by Crippen LogP contribution is -2.24. The van der Waals surface area contributed by atoms with Gasteiger partial charge >= 0.3 is 0 Å². The number of aromatic amines is 1. The average molecular weight is 379 g/mol. The van der Waals surface area contributed by atoms with Gasteiger partial charge in [0, 0.05) is 22.4 Å². The summed E-state index contributed by atoms with van der Waals surface area (Å²) in [6.07, 6.45) is 1.53. The number of rotatable bonds is 6. The Bertz CT molecular complexity index is 741. The number of carbonyl (C=O) groups excluding carboxylic acids is 1. The van der Waals surface area contributed by atoms with Crippen molar-refractivity contribution in [1.82, 2.24) is 10.3 Å². The van der Waals surface area contributed by atoms with Crippen molar-refractivity contribution in [3.8, 4) is 5.75 Å². The zero-order valence-corrected chi connectivity index (χ0v) is 14.6. The number of H-pyrrole nitrogens is 1. The van der Waals surface area contributed by atoms with Crippen molar-refractivity contribution in [1.29, 1.82) is 0 Å². The summed E-state index contributed by atoms with van der Waals surface area (Å²) in [5, 5.41) is 2.77. The van der Waals surface area contributed by atoms with Crippen molar-refractivity contribution in [2.45, 2.75) is 20.4 Å². The first kappa shape index (κ1) is 17.3. The third-order valence-corrected chi connectivity index (χ3v) is 3.76. The number of hydrogen-bond donors (Lipinski definition) is 2. The Labute approximate surface area is 143 Å². The lowest BCUT2D eigenvalue weighted by atomic mass is 10.2. The number of pyridine rings is 1. The molecule has 0 atom stereocenters. The SMILES string of the molecule is CC(C)COc1c[nH]c(CNC(=O)c2ccccc2Br)cc1=O. The van der Waals surface area contributed by atoms with E-state index in [1.54, 1.807) is 18.2 Å². The summed E-state index contributed by atoms with van der Waals surface area (Å²) < 4.78 is 6.15. The van der Waals surface area contributed by atoms with Gasteiger partial charge in [0.05, 0.1) is 18.7 Å². The Morgan fingerprint density at radius 2 is 2.09 bits per heavy atom. The van der Waals surface area contributed by atoms with Crippen LogP contribution >= 0.6 is 15.9 Å². The van der Waals surface area contributed by atoms with Crippen LogP contribution in [-0.4, -0.2) is 17.5 Å². The van der Waals surface area contributed by atoms with Crippen molar-refractivity contribution in [2.75, 3.05) is 6.61 Å². The van der Waals surface area contributed by atoms with E-state index in [1.165, 1.54) is 12.3 Å². The molecule has 0 bridgehead atoms. The van der Waals surface area contributed by atoms with Crippen LogP contribution in [0.3, 0.4) is 0 Å². The number of nitrogens with one attached hydrogen (secondary N) is 2. The second-order valence-electron chi connectivity index (χ2n) is 5.55. The van der Waals surface area contributed by atoms with Gasteiger partial charge in [0.2, 0.25) is 5.43 Å². The number of benzene rings is 1. The second kappa shape index (κ2) is 7.97. The van der Waals surface area contributed by atoms with Crippen LogP contribution in [-0.2, 0) is 6.54 Å². The number of carbonyl (C=O) groups is 1. The van der Waals surface area contributed by atoms with E-state index in [4.69, 9.17) is 4.74 Å². The van der Waals surface area contributed by atoms with E-state index in [1.807, 2.05) is 19.9 Å². The highest BCUT2D eigenvalue weighted by Gasteiger charge is 2.09. The quantitative estimate of drug-likeness (QED) is 0.810. The lowest BCUT2D eigenvalue weighted by Gasteiger charge is -2.09. The number of amides is 1. The maximum Gasteiger partial charge on any atom is 0.252 e. The predicted molar refractivity (Wildman–Crippen MR) is 92.7 cm³/mol. The molecule has 0 aliphatic heterocycles. The average Bonchev–Trinajstić information content (AvgIpc) is 2.52. The van der Waals surface area contributed by atoms with Crippen molar-refractivity contribution >= 4 is 21.8 Å². The monoisotopic (exact) mass is 378 g/mol. The smallest absolute Gasteiger partial charge is 0.252 e. The Balaban J connectivity index is 1.99. The summed E-state index contributed by atoms with van der Waals surface area (Å²) >= 11 is 3.34. The molecule has 0 saturated carbocycles. The van der Waals surface area contributed by atoms with Gasteiger partial charge in [0.1, 0.15) is 0 Å². The maximum atomic E-state index is 12.1. The summed E-state index contributed by atoms with van der Waals surface area (Å²) in [5.41, 5.74) is 0.966. The predicted octanol–water partition coefficient (Wildman–Crippen LogP) is 3.10. The lowest BCUT2D eigenvalue weighted by molar-refractivity contribution is 0.0949. The minimum atomic E-state index is -0.210. The van der Waals surface area contributed by atoms with Crippen LogP contribution in [0, 0.1) is 5.92 Å². The first-order valence-electron chi connectivity index (χ1n) is 7.34. The van der Waals surface area contributed by atoms with Crippen molar-refractivity contribution in [3.05, 3.63) is 62.5 Å². The normalized spacial score (nSPS) is 10.6. The summed E-state index contributed by atoms with van der Waals surface area (Å²) in [7, 11) is 0. The molecule has 0 radical (unpaired) electrons. The molecule has 23 heavy (non-hydrogen) atoms. The van der Waals surface area contributed by atoms with E-state index in [2.05, 4.69) is 26.2 Å². The third kappa shape index (κ3) is 4.96. The number of hydrogen-bond acceptors (Lipinski definition) is 3. The highest BCUT2D eigenvalue weighted by atomic mass is 79.9. The van der Waals surface area contributed by atoms with Crippen LogP contribution in [0.15, 0.2) is 45.8 Å². The molecule has 0 saturated heterocycles. The molecule has 2 aromatic rings. The van der Waals surface area contributed by atoms with E-state index in [0.717, 1.165) is 4.47 Å². The molecule has 1 heterocycles. The van der Waals surface area contributed by atoms with Gasteiger partial charge < -0.3 is 15.0 Å². The van der Waals surface area contributed by atoms with Gasteiger partial charge in [-0.2, -0.15) is 0 Å². The molecule has 0 aliphatic rings. The molecule has 1 aromatic carbocycles. The molecular formula is C17H19BrN2O3. The number of aromatic nitrogens is 1. The van der Waals surface area contributed by atoms with Crippen LogP contribution in [0.1, 0.15) is 29.9 Å². The van der Waals surface area contributed by atoms with Gasteiger partial charge in [-0.05, 0) is 34.0 Å². The fraction of sp³-hybridized carbons (Fsp3) is 0.294. The first-order chi connectivity index (χ1) is 11.0. The second-order valence-corrected chi connectivity index (χ2v) is 6.41. The zero-order valence-electron chi connectivity index (χ0n) is 13.1. The Kier molecular flexibility index (Phi) is 5.98. The summed E-state index contributed by atoms with van der Waals surface area (Å²) in [5.74, 6) is 0.427. The first-order valence-corrected chi connectivity index (χ1v) is 8.14. The molecule has 2 rings (SSSR count). The molecule has 0 fully saturated rings. The van der Waals surface area contributed by atoms with Gasteiger partial charge in [0.15, 0.2) is 5.75 Å². The fourth-order valence-corrected chi connectivity index (χ4v) is 2.35. The molecule has 1 aromatic heterocycles. The van der Waals surface area contributed by atoms with Crippen LogP contribution in [0.2, 0.25) is 0 Å². The molecule has 5 nitrogen and oxygen atoms in total. The van der Waals surface area contributed by atoms with Crippen LogP contribution in [0.5, 0.6) is 5.75 Å². The molecule has 0 aliphatic carbocycles. The van der Waals surface area contributed by atoms with Gasteiger partial charge in [-0.1, -0.05) is 26.0 Å². The van der Waals surface area contributed by atoms with E-state index >= 15 is 0 Å². The summed E-state index contributed by atoms with van der Waals surface area (Å²) in [6, 6.07) is 8.61. The number of ether oxygens (including phenoxy) is 1. The van der Waals surface area contributed by atoms with Crippen LogP contribution in [0.25, 0.3) is 0 Å². The van der Waals surface area contributed by atoms with Gasteiger partial charge in [-0.3, -0.25) is 9.59 Å². The Hall–Kier alpha value is -2.08. The van der Waals surface area contributed by atoms with E-state index in [0.29, 0.717) is 29.5 Å². The molecule has 2 N–H and O–H groups in total. The molecule has 1 amide bonds. The van der Waals surface area contributed by atoms with Crippen molar-refractivity contribution < 1.29 is 9.53 Å². The summed E-state index contributed by atoms with van der Waals surface area (Å²) in [6.45, 7) is 4.75. The molecule has 6 heteroatoms. The topological polar surface area (TPSA) is 71.2 Å². The van der Waals surface area contributed by atoms with Gasteiger partial charge in [-0.25, -0.2) is 0 Å². The Morgan fingerprint density at radius 1 is 1.35 bits per heavy atom. The minimum Gasteiger partial charge on any atom is -0.488 e. The molecule has 0 unspecified atom stereocenters. The van der Waals surface area contributed by atoms with Crippen LogP contribution < -0.4 is 15.5 Å². The van der Waals surface area contributed by atoms with Crippen molar-refractivity contribution in [2.24, 2.45) is 5.92 Å². The van der Waals surface area contributed by atoms with Crippen LogP contribution in [0.4, 0.5) is 0 Å².